The molecule has 3 nitrogen and oxygen atoms in total. The number of nitrogens with one attached hydrogen (secondary N) is 1. The first-order chi connectivity index (χ1) is 9.01. The molecule has 2 rings (SSSR count). The molecule has 1 aromatic carbocycles. The van der Waals surface area contributed by atoms with Gasteiger partial charge in [-0.25, -0.2) is 0 Å². The van der Waals surface area contributed by atoms with E-state index in [1.807, 2.05) is 19.1 Å². The molecule has 104 valence electrons. The minimum atomic E-state index is -0.625. The lowest BCUT2D eigenvalue weighted by Crippen LogP contribution is -2.54. The van der Waals surface area contributed by atoms with Crippen LogP contribution < -0.4 is 11.1 Å². The largest absolute Gasteiger partial charge is 0.352 e. The van der Waals surface area contributed by atoms with Crippen LogP contribution in [0.3, 0.4) is 0 Å². The fourth-order valence-corrected chi connectivity index (χ4v) is 2.82. The van der Waals surface area contributed by atoms with Gasteiger partial charge in [-0.2, -0.15) is 0 Å². The molecule has 3 heteroatoms. The molecule has 3 N–H and O–H groups in total. The summed E-state index contributed by atoms with van der Waals surface area (Å²) < 4.78 is 0. The first-order valence-electron chi connectivity index (χ1n) is 7.16. The maximum absolute atomic E-state index is 12.2. The second-order valence-corrected chi connectivity index (χ2v) is 5.87. The summed E-state index contributed by atoms with van der Waals surface area (Å²) >= 11 is 0. The fraction of sp³-hybridized carbons (Fsp3) is 0.562. The summed E-state index contributed by atoms with van der Waals surface area (Å²) in [5.41, 5.74) is 8.09. The molecule has 0 aromatic heterocycles. The number of carbonyl (C=O) groups is 1. The molecule has 1 fully saturated rings. The standard InChI is InChI=1S/C16H24N2O/c1-12-7-3-4-8-14(12)11-13(2)18-15(19)16(17)9-5-6-10-16/h3-4,7-8,13H,5-6,9-11,17H2,1-2H3,(H,18,19). The van der Waals surface area contributed by atoms with E-state index >= 15 is 0 Å². The Morgan fingerprint density at radius 2 is 2.00 bits per heavy atom. The van der Waals surface area contributed by atoms with Gasteiger partial charge < -0.3 is 11.1 Å². The van der Waals surface area contributed by atoms with Crippen molar-refractivity contribution in [3.63, 3.8) is 0 Å². The number of carbonyl (C=O) groups excluding carboxylic acids is 1. The first-order valence-corrected chi connectivity index (χ1v) is 7.16. The van der Waals surface area contributed by atoms with Crippen molar-refractivity contribution >= 4 is 5.91 Å². The third-order valence-corrected chi connectivity index (χ3v) is 4.11. The van der Waals surface area contributed by atoms with Crippen molar-refractivity contribution in [2.45, 2.75) is 57.5 Å². The smallest absolute Gasteiger partial charge is 0.240 e. The zero-order chi connectivity index (χ0) is 13.9. The Hall–Kier alpha value is -1.35. The Labute approximate surface area is 115 Å². The maximum Gasteiger partial charge on any atom is 0.240 e. The third-order valence-electron chi connectivity index (χ3n) is 4.11. The molecule has 1 atom stereocenters. The molecule has 1 aromatic rings. The lowest BCUT2D eigenvalue weighted by atomic mass is 9.96. The van der Waals surface area contributed by atoms with Crippen molar-refractivity contribution in [1.82, 2.24) is 5.32 Å². The highest BCUT2D eigenvalue weighted by Crippen LogP contribution is 2.27. The van der Waals surface area contributed by atoms with Crippen molar-refractivity contribution < 1.29 is 4.79 Å². The van der Waals surface area contributed by atoms with Gasteiger partial charge in [-0.05, 0) is 44.2 Å². The molecule has 1 unspecified atom stereocenters. The van der Waals surface area contributed by atoms with Crippen molar-refractivity contribution in [1.29, 1.82) is 0 Å². The highest BCUT2D eigenvalue weighted by atomic mass is 16.2. The van der Waals surface area contributed by atoms with Gasteiger partial charge in [0.05, 0.1) is 5.54 Å². The van der Waals surface area contributed by atoms with Crippen LogP contribution in [0.15, 0.2) is 24.3 Å². The van der Waals surface area contributed by atoms with Gasteiger partial charge >= 0.3 is 0 Å². The minimum absolute atomic E-state index is 0.0195. The van der Waals surface area contributed by atoms with E-state index in [0.29, 0.717) is 0 Å². The molecule has 0 aliphatic heterocycles. The predicted molar refractivity (Wildman–Crippen MR) is 77.9 cm³/mol. The highest BCUT2D eigenvalue weighted by molar-refractivity contribution is 5.86. The molecule has 0 radical (unpaired) electrons. The van der Waals surface area contributed by atoms with Crippen LogP contribution in [0.25, 0.3) is 0 Å². The topological polar surface area (TPSA) is 55.1 Å². The van der Waals surface area contributed by atoms with Gasteiger partial charge in [-0.15, -0.1) is 0 Å². The van der Waals surface area contributed by atoms with Crippen molar-refractivity contribution in [3.05, 3.63) is 35.4 Å². The highest BCUT2D eigenvalue weighted by Gasteiger charge is 2.37. The van der Waals surface area contributed by atoms with Crippen LogP contribution in [0.5, 0.6) is 0 Å². The monoisotopic (exact) mass is 260 g/mol. The molecule has 1 aliphatic carbocycles. The van der Waals surface area contributed by atoms with E-state index in [2.05, 4.69) is 24.4 Å². The zero-order valence-electron chi connectivity index (χ0n) is 11.9. The SMILES string of the molecule is Cc1ccccc1CC(C)NC(=O)C1(N)CCCC1. The normalized spacial score (nSPS) is 19.1. The molecule has 1 amide bonds. The van der Waals surface area contributed by atoms with E-state index in [9.17, 15) is 4.79 Å². The predicted octanol–water partition coefficient (Wildman–Crippen LogP) is 2.31. The fourth-order valence-electron chi connectivity index (χ4n) is 2.82. The molecule has 0 spiro atoms. The second-order valence-electron chi connectivity index (χ2n) is 5.87. The summed E-state index contributed by atoms with van der Waals surface area (Å²) in [6.07, 6.45) is 4.62. The average molecular weight is 260 g/mol. The van der Waals surface area contributed by atoms with Gasteiger partial charge in [0.25, 0.3) is 0 Å². The van der Waals surface area contributed by atoms with Crippen LogP contribution in [0.4, 0.5) is 0 Å². The zero-order valence-corrected chi connectivity index (χ0v) is 11.9. The number of amides is 1. The van der Waals surface area contributed by atoms with E-state index in [1.165, 1.54) is 11.1 Å². The van der Waals surface area contributed by atoms with Gasteiger partial charge in [0.15, 0.2) is 0 Å². The van der Waals surface area contributed by atoms with E-state index in [4.69, 9.17) is 5.73 Å². The Bertz CT molecular complexity index is 450. The van der Waals surface area contributed by atoms with E-state index in [1.54, 1.807) is 0 Å². The summed E-state index contributed by atoms with van der Waals surface area (Å²) in [6.45, 7) is 4.15. The number of rotatable bonds is 4. The van der Waals surface area contributed by atoms with E-state index in [-0.39, 0.29) is 11.9 Å². The van der Waals surface area contributed by atoms with Crippen LogP contribution in [-0.2, 0) is 11.2 Å². The molecule has 0 bridgehead atoms. The van der Waals surface area contributed by atoms with Crippen molar-refractivity contribution in [3.8, 4) is 0 Å². The molecule has 19 heavy (non-hydrogen) atoms. The molecular formula is C16H24N2O. The van der Waals surface area contributed by atoms with Crippen LogP contribution in [0.2, 0.25) is 0 Å². The summed E-state index contributed by atoms with van der Waals surface area (Å²) in [7, 11) is 0. The summed E-state index contributed by atoms with van der Waals surface area (Å²) in [6, 6.07) is 8.42. The Morgan fingerprint density at radius 1 is 1.37 bits per heavy atom. The summed E-state index contributed by atoms with van der Waals surface area (Å²) in [4.78, 5) is 12.2. The minimum Gasteiger partial charge on any atom is -0.352 e. The average Bonchev–Trinajstić information content (AvgIpc) is 2.80. The molecule has 1 saturated carbocycles. The Morgan fingerprint density at radius 3 is 2.63 bits per heavy atom. The lowest BCUT2D eigenvalue weighted by Gasteiger charge is -2.25. The van der Waals surface area contributed by atoms with Gasteiger partial charge in [-0.3, -0.25) is 4.79 Å². The van der Waals surface area contributed by atoms with Gasteiger partial charge in [0.2, 0.25) is 5.91 Å². The molecule has 1 aliphatic rings. The summed E-state index contributed by atoms with van der Waals surface area (Å²) in [5.74, 6) is 0.0195. The van der Waals surface area contributed by atoms with Gasteiger partial charge in [0, 0.05) is 6.04 Å². The first kappa shape index (κ1) is 14.1. The quantitative estimate of drug-likeness (QED) is 0.873. The van der Waals surface area contributed by atoms with Crippen LogP contribution >= 0.6 is 0 Å². The molecular weight excluding hydrogens is 236 g/mol. The Kier molecular flexibility index (Phi) is 4.25. The van der Waals surface area contributed by atoms with Gasteiger partial charge in [0.1, 0.15) is 0 Å². The number of aryl methyl sites for hydroxylation is 1. The van der Waals surface area contributed by atoms with Crippen molar-refractivity contribution in [2.75, 3.05) is 0 Å². The number of hydrogen-bond donors (Lipinski definition) is 2. The third kappa shape index (κ3) is 3.35. The number of hydrogen-bond acceptors (Lipinski definition) is 2. The molecule has 0 saturated heterocycles. The second kappa shape index (κ2) is 5.74. The van der Waals surface area contributed by atoms with Crippen LogP contribution in [0, 0.1) is 6.92 Å². The molecule has 0 heterocycles. The maximum atomic E-state index is 12.2. The Balaban J connectivity index is 1.93. The van der Waals surface area contributed by atoms with Crippen LogP contribution in [-0.4, -0.2) is 17.5 Å². The number of benzene rings is 1. The lowest BCUT2D eigenvalue weighted by molar-refractivity contribution is -0.126. The van der Waals surface area contributed by atoms with Crippen molar-refractivity contribution in [2.24, 2.45) is 5.73 Å². The van der Waals surface area contributed by atoms with E-state index in [0.717, 1.165) is 32.1 Å². The summed E-state index contributed by atoms with van der Waals surface area (Å²) in [5, 5.41) is 3.07. The van der Waals surface area contributed by atoms with Gasteiger partial charge in [-0.1, -0.05) is 37.1 Å². The van der Waals surface area contributed by atoms with Crippen LogP contribution in [0.1, 0.15) is 43.7 Å². The van der Waals surface area contributed by atoms with E-state index < -0.39 is 5.54 Å². The number of nitrogens with two attached hydrogens (primary N) is 1.